The third-order valence-corrected chi connectivity index (χ3v) is 5.99. The first-order chi connectivity index (χ1) is 16.6. The van der Waals surface area contributed by atoms with Crippen molar-refractivity contribution in [2.45, 2.75) is 45.8 Å². The number of rotatable bonds is 10. The highest BCUT2D eigenvalue weighted by Crippen LogP contribution is 2.28. The summed E-state index contributed by atoms with van der Waals surface area (Å²) >= 11 is 0. The van der Waals surface area contributed by atoms with E-state index < -0.39 is 0 Å². The first-order valence-corrected chi connectivity index (χ1v) is 11.6. The molecule has 6 nitrogen and oxygen atoms in total. The van der Waals surface area contributed by atoms with Crippen LogP contribution in [0.4, 0.5) is 4.39 Å². The number of halogens is 1. The van der Waals surface area contributed by atoms with Crippen molar-refractivity contribution in [2.75, 3.05) is 27.8 Å². The number of amides is 1. The highest BCUT2D eigenvalue weighted by molar-refractivity contribution is 5.91. The minimum absolute atomic E-state index is 0.151. The monoisotopic (exact) mass is 482 g/mol. The molecule has 0 aliphatic heterocycles. The molecule has 188 valence electrons. The second-order valence-electron chi connectivity index (χ2n) is 9.59. The molecule has 0 radical (unpaired) electrons. The number of benzene rings is 2. The first-order valence-electron chi connectivity index (χ1n) is 11.6. The molecule has 3 aromatic rings. The number of carbonyl (C=O) groups excluding carboxylic acids is 1. The van der Waals surface area contributed by atoms with Crippen LogP contribution in [-0.4, -0.2) is 49.1 Å². The molecule has 0 spiro atoms. The number of hydrogen-bond donors (Lipinski definition) is 0. The minimum Gasteiger partial charge on any atom is -0.493 e. The van der Waals surface area contributed by atoms with Gasteiger partial charge in [-0.3, -0.25) is 9.69 Å². The van der Waals surface area contributed by atoms with Crippen molar-refractivity contribution in [2.24, 2.45) is 0 Å². The number of hydrogen-bond acceptors (Lipinski definition) is 5. The van der Waals surface area contributed by atoms with Crippen LogP contribution < -0.4 is 9.47 Å². The Morgan fingerprint density at radius 2 is 1.57 bits per heavy atom. The largest absolute Gasteiger partial charge is 0.493 e. The van der Waals surface area contributed by atoms with E-state index in [1.54, 1.807) is 44.4 Å². The molecule has 0 N–H and O–H groups in total. The molecule has 3 rings (SSSR count). The Morgan fingerprint density at radius 1 is 0.914 bits per heavy atom. The van der Waals surface area contributed by atoms with Crippen LogP contribution in [0.2, 0.25) is 0 Å². The molecule has 7 heteroatoms. The third kappa shape index (κ3) is 7.09. The Hall–Kier alpha value is -3.32. The molecule has 0 unspecified atom stereocenters. The van der Waals surface area contributed by atoms with E-state index in [1.165, 1.54) is 12.1 Å². The molecular weight excluding hydrogens is 447 g/mol. The first kappa shape index (κ1) is 26.3. The van der Waals surface area contributed by atoms with Crippen LogP contribution in [-0.2, 0) is 19.5 Å². The van der Waals surface area contributed by atoms with Gasteiger partial charge >= 0.3 is 0 Å². The Bertz CT molecular complexity index is 1120. The molecule has 0 fully saturated rings. The maximum atomic E-state index is 13.3. The van der Waals surface area contributed by atoms with E-state index in [-0.39, 0.29) is 17.3 Å². The van der Waals surface area contributed by atoms with E-state index in [4.69, 9.17) is 13.9 Å². The number of nitrogens with zero attached hydrogens (tertiary/aromatic N) is 2. The van der Waals surface area contributed by atoms with Crippen molar-refractivity contribution >= 4 is 5.91 Å². The van der Waals surface area contributed by atoms with Gasteiger partial charge in [0, 0.05) is 25.7 Å². The maximum absolute atomic E-state index is 13.3. The summed E-state index contributed by atoms with van der Waals surface area (Å²) in [6.45, 7) is 8.06. The second kappa shape index (κ2) is 11.4. The molecular formula is C28H35FN2O4. The lowest BCUT2D eigenvalue weighted by molar-refractivity contribution is 0.0753. The highest BCUT2D eigenvalue weighted by Gasteiger charge is 2.24. The smallest absolute Gasteiger partial charge is 0.289 e. The molecule has 1 aromatic heterocycles. The van der Waals surface area contributed by atoms with Crippen LogP contribution in [0, 0.1) is 5.82 Å². The summed E-state index contributed by atoms with van der Waals surface area (Å²) in [6.07, 6.45) is 0.672. The van der Waals surface area contributed by atoms with E-state index in [0.717, 1.165) is 11.1 Å². The summed E-state index contributed by atoms with van der Waals surface area (Å²) in [5.41, 5.74) is 1.91. The number of carbonyl (C=O) groups is 1. The zero-order valence-electron chi connectivity index (χ0n) is 21.4. The minimum atomic E-state index is -0.250. The van der Waals surface area contributed by atoms with Crippen molar-refractivity contribution < 1.29 is 23.1 Å². The standard InChI is InChI=1S/C28H35FN2O4/c1-28(2,3)31(18-21-7-10-22(29)11-8-21)19-23-12-14-25(35-23)27(32)30(4)16-15-20-9-13-24(33-5)26(17-20)34-6/h7-14,17H,15-16,18-19H2,1-6H3. The Kier molecular flexibility index (Phi) is 8.57. The van der Waals surface area contributed by atoms with Gasteiger partial charge in [0.25, 0.3) is 5.91 Å². The van der Waals surface area contributed by atoms with Crippen LogP contribution in [0.1, 0.15) is 48.2 Å². The summed E-state index contributed by atoms with van der Waals surface area (Å²) in [4.78, 5) is 16.8. The van der Waals surface area contributed by atoms with Crippen LogP contribution in [0.25, 0.3) is 0 Å². The van der Waals surface area contributed by atoms with Gasteiger partial charge in [-0.1, -0.05) is 18.2 Å². The van der Waals surface area contributed by atoms with Gasteiger partial charge in [-0.25, -0.2) is 4.39 Å². The van der Waals surface area contributed by atoms with Gasteiger partial charge in [-0.2, -0.15) is 0 Å². The van der Waals surface area contributed by atoms with E-state index in [0.29, 0.717) is 49.1 Å². The average molecular weight is 483 g/mol. The predicted molar refractivity (Wildman–Crippen MR) is 134 cm³/mol. The van der Waals surface area contributed by atoms with Gasteiger partial charge < -0.3 is 18.8 Å². The summed E-state index contributed by atoms with van der Waals surface area (Å²) in [5.74, 6) is 1.94. The van der Waals surface area contributed by atoms with Gasteiger partial charge in [-0.15, -0.1) is 0 Å². The van der Waals surface area contributed by atoms with Gasteiger partial charge in [0.1, 0.15) is 11.6 Å². The van der Waals surface area contributed by atoms with Gasteiger partial charge in [-0.05, 0) is 74.7 Å². The number of methoxy groups -OCH3 is 2. The third-order valence-electron chi connectivity index (χ3n) is 5.99. The number of ether oxygens (including phenoxy) is 2. The van der Waals surface area contributed by atoms with Crippen molar-refractivity contribution in [3.63, 3.8) is 0 Å². The lowest BCUT2D eigenvalue weighted by Crippen LogP contribution is -2.40. The maximum Gasteiger partial charge on any atom is 0.289 e. The highest BCUT2D eigenvalue weighted by atomic mass is 19.1. The molecule has 0 saturated heterocycles. The summed E-state index contributed by atoms with van der Waals surface area (Å²) in [7, 11) is 4.97. The van der Waals surface area contributed by atoms with E-state index in [1.807, 2.05) is 24.3 Å². The zero-order valence-corrected chi connectivity index (χ0v) is 21.4. The Labute approximate surface area is 207 Å². The number of furan rings is 1. The Morgan fingerprint density at radius 3 is 2.20 bits per heavy atom. The predicted octanol–water partition coefficient (Wildman–Crippen LogP) is 5.55. The lowest BCUT2D eigenvalue weighted by atomic mass is 10.0. The molecule has 0 saturated carbocycles. The van der Waals surface area contributed by atoms with Crippen molar-refractivity contribution in [1.82, 2.24) is 9.80 Å². The van der Waals surface area contributed by atoms with E-state index in [2.05, 4.69) is 25.7 Å². The molecule has 1 amide bonds. The Balaban J connectivity index is 1.62. The summed E-state index contributed by atoms with van der Waals surface area (Å²) in [6, 6.07) is 15.8. The van der Waals surface area contributed by atoms with Crippen LogP contribution in [0.5, 0.6) is 11.5 Å². The average Bonchev–Trinajstić information content (AvgIpc) is 3.30. The lowest BCUT2D eigenvalue weighted by Gasteiger charge is -2.35. The molecule has 35 heavy (non-hydrogen) atoms. The van der Waals surface area contributed by atoms with Crippen molar-refractivity contribution in [3.8, 4) is 11.5 Å². The number of likely N-dealkylation sites (N-methyl/N-ethyl adjacent to an activating group) is 1. The molecule has 0 aliphatic carbocycles. The van der Waals surface area contributed by atoms with Crippen LogP contribution in [0.3, 0.4) is 0 Å². The van der Waals surface area contributed by atoms with Crippen LogP contribution in [0.15, 0.2) is 59.0 Å². The van der Waals surface area contributed by atoms with Gasteiger partial charge in [0.15, 0.2) is 17.3 Å². The van der Waals surface area contributed by atoms with E-state index in [9.17, 15) is 9.18 Å². The fraction of sp³-hybridized carbons (Fsp3) is 0.393. The fourth-order valence-electron chi connectivity index (χ4n) is 3.73. The second-order valence-corrected chi connectivity index (χ2v) is 9.59. The SMILES string of the molecule is COc1ccc(CCN(C)C(=O)c2ccc(CN(Cc3ccc(F)cc3)C(C)(C)C)o2)cc1OC. The van der Waals surface area contributed by atoms with E-state index >= 15 is 0 Å². The quantitative estimate of drug-likeness (QED) is 0.379. The van der Waals surface area contributed by atoms with Gasteiger partial charge in [0.05, 0.1) is 20.8 Å². The normalized spacial score (nSPS) is 11.5. The molecule has 0 bridgehead atoms. The molecule has 1 heterocycles. The van der Waals surface area contributed by atoms with Crippen molar-refractivity contribution in [3.05, 3.63) is 83.1 Å². The summed E-state index contributed by atoms with van der Waals surface area (Å²) < 4.78 is 29.9. The summed E-state index contributed by atoms with van der Waals surface area (Å²) in [5, 5.41) is 0. The zero-order chi connectivity index (χ0) is 25.6. The molecule has 0 aliphatic rings. The fourth-order valence-corrected chi connectivity index (χ4v) is 3.73. The van der Waals surface area contributed by atoms with Gasteiger partial charge in [0.2, 0.25) is 0 Å². The van der Waals surface area contributed by atoms with Crippen LogP contribution >= 0.6 is 0 Å². The molecule has 2 aromatic carbocycles. The molecule has 0 atom stereocenters. The van der Waals surface area contributed by atoms with Crippen molar-refractivity contribution in [1.29, 1.82) is 0 Å². The topological polar surface area (TPSA) is 55.2 Å².